The van der Waals surface area contributed by atoms with Crippen molar-refractivity contribution in [3.8, 4) is 0 Å². The molecular weight excluding hydrogens is 387 g/mol. The van der Waals surface area contributed by atoms with Crippen LogP contribution in [0.5, 0.6) is 0 Å². The number of piperazine rings is 1. The molecule has 1 aromatic carbocycles. The molecule has 5 nitrogen and oxygen atoms in total. The maximum atomic E-state index is 13.2. The maximum absolute atomic E-state index is 13.2. The highest BCUT2D eigenvalue weighted by Crippen LogP contribution is 2.24. The molecule has 1 aliphatic heterocycles. The summed E-state index contributed by atoms with van der Waals surface area (Å²) >= 11 is 1.44. The van der Waals surface area contributed by atoms with Gasteiger partial charge in [-0.05, 0) is 47.3 Å². The van der Waals surface area contributed by atoms with Crippen LogP contribution in [0.1, 0.15) is 21.3 Å². The van der Waals surface area contributed by atoms with Gasteiger partial charge in [0, 0.05) is 50.8 Å². The number of thiophene rings is 1. The van der Waals surface area contributed by atoms with Crippen molar-refractivity contribution in [2.24, 2.45) is 0 Å². The monoisotopic (exact) mass is 410 g/mol. The van der Waals surface area contributed by atoms with E-state index in [1.54, 1.807) is 6.20 Å². The Labute approximate surface area is 173 Å². The number of aromatic nitrogens is 1. The van der Waals surface area contributed by atoms with Crippen molar-refractivity contribution in [2.45, 2.75) is 6.04 Å². The number of anilines is 1. The molecule has 0 radical (unpaired) electrons. The van der Waals surface area contributed by atoms with E-state index in [4.69, 9.17) is 0 Å². The van der Waals surface area contributed by atoms with Crippen LogP contribution in [0.2, 0.25) is 0 Å². The third kappa shape index (κ3) is 4.81. The van der Waals surface area contributed by atoms with Gasteiger partial charge in [0.25, 0.3) is 5.91 Å². The first-order chi connectivity index (χ1) is 14.2. The zero-order valence-electron chi connectivity index (χ0n) is 16.0. The van der Waals surface area contributed by atoms with Crippen LogP contribution in [-0.4, -0.2) is 48.5 Å². The summed E-state index contributed by atoms with van der Waals surface area (Å²) in [4.78, 5) is 22.0. The molecule has 1 N–H and O–H groups in total. The largest absolute Gasteiger partial charge is 0.369 e. The Bertz CT molecular complexity index is 910. The lowest BCUT2D eigenvalue weighted by atomic mass is 10.1. The molecule has 4 rings (SSSR count). The minimum atomic E-state index is -0.217. The second-order valence-corrected chi connectivity index (χ2v) is 7.94. The standard InChI is InChI=1S/C22H23FN4OS/c23-18-5-7-19(8-6-18)26-10-12-27(13-11-26)20(17-3-1-9-24-15-17)16-25-22(28)21-4-2-14-29-21/h1-9,14-15,20H,10-13,16H2,(H,25,28). The lowest BCUT2D eigenvalue weighted by molar-refractivity contribution is 0.0934. The van der Waals surface area contributed by atoms with Gasteiger partial charge in [0.15, 0.2) is 0 Å². The van der Waals surface area contributed by atoms with Crippen molar-refractivity contribution in [3.05, 3.63) is 82.6 Å². The topological polar surface area (TPSA) is 48.5 Å². The second kappa shape index (κ2) is 9.15. The predicted octanol–water partition coefficient (Wildman–Crippen LogP) is 3.58. The molecule has 1 unspecified atom stereocenters. The van der Waals surface area contributed by atoms with Crippen LogP contribution in [0, 0.1) is 5.82 Å². The average Bonchev–Trinajstić information content (AvgIpc) is 3.31. The number of rotatable bonds is 6. The van der Waals surface area contributed by atoms with Gasteiger partial charge in [-0.25, -0.2) is 4.39 Å². The molecule has 1 atom stereocenters. The summed E-state index contributed by atoms with van der Waals surface area (Å²) in [6.07, 6.45) is 3.63. The minimum Gasteiger partial charge on any atom is -0.369 e. The van der Waals surface area contributed by atoms with Crippen LogP contribution < -0.4 is 10.2 Å². The Hall–Kier alpha value is -2.77. The van der Waals surface area contributed by atoms with E-state index in [1.807, 2.05) is 41.9 Å². The second-order valence-electron chi connectivity index (χ2n) is 6.99. The van der Waals surface area contributed by atoms with E-state index in [2.05, 4.69) is 26.2 Å². The molecule has 0 bridgehead atoms. The Balaban J connectivity index is 1.43. The molecule has 1 aliphatic rings. The van der Waals surface area contributed by atoms with Crippen LogP contribution in [0.4, 0.5) is 10.1 Å². The van der Waals surface area contributed by atoms with Crippen LogP contribution >= 0.6 is 11.3 Å². The molecule has 2 aromatic heterocycles. The van der Waals surface area contributed by atoms with Gasteiger partial charge in [-0.2, -0.15) is 0 Å². The molecule has 1 amide bonds. The molecule has 0 aliphatic carbocycles. The van der Waals surface area contributed by atoms with E-state index >= 15 is 0 Å². The molecule has 7 heteroatoms. The molecule has 3 aromatic rings. The van der Waals surface area contributed by atoms with Crippen LogP contribution in [0.15, 0.2) is 66.3 Å². The third-order valence-electron chi connectivity index (χ3n) is 5.22. The number of hydrogen-bond donors (Lipinski definition) is 1. The van der Waals surface area contributed by atoms with Gasteiger partial charge in [-0.3, -0.25) is 14.7 Å². The number of nitrogens with zero attached hydrogens (tertiary/aromatic N) is 3. The van der Waals surface area contributed by atoms with Crippen molar-refractivity contribution in [1.29, 1.82) is 0 Å². The number of hydrogen-bond acceptors (Lipinski definition) is 5. The normalized spacial score (nSPS) is 15.8. The van der Waals surface area contributed by atoms with Gasteiger partial charge in [-0.1, -0.05) is 12.1 Å². The average molecular weight is 411 g/mol. The number of nitrogens with one attached hydrogen (secondary N) is 1. The van der Waals surface area contributed by atoms with Crippen LogP contribution in [0.3, 0.4) is 0 Å². The summed E-state index contributed by atoms with van der Waals surface area (Å²) in [5.74, 6) is -0.260. The molecule has 1 fully saturated rings. The van der Waals surface area contributed by atoms with Crippen LogP contribution in [-0.2, 0) is 0 Å². The first-order valence-electron chi connectivity index (χ1n) is 9.67. The Morgan fingerprint density at radius 2 is 1.90 bits per heavy atom. The summed E-state index contributed by atoms with van der Waals surface area (Å²) in [7, 11) is 0. The highest BCUT2D eigenvalue weighted by atomic mass is 32.1. The fourth-order valence-corrected chi connectivity index (χ4v) is 4.30. The lowest BCUT2D eigenvalue weighted by Gasteiger charge is -2.40. The first-order valence-corrected chi connectivity index (χ1v) is 10.5. The van der Waals surface area contributed by atoms with E-state index in [0.717, 1.165) is 42.3 Å². The van der Waals surface area contributed by atoms with Gasteiger partial charge in [0.1, 0.15) is 5.82 Å². The van der Waals surface area contributed by atoms with Gasteiger partial charge in [0.05, 0.1) is 10.9 Å². The molecule has 150 valence electrons. The van der Waals surface area contributed by atoms with Gasteiger partial charge >= 0.3 is 0 Å². The smallest absolute Gasteiger partial charge is 0.261 e. The van der Waals surface area contributed by atoms with E-state index in [-0.39, 0.29) is 17.8 Å². The van der Waals surface area contributed by atoms with Gasteiger partial charge in [0.2, 0.25) is 0 Å². The van der Waals surface area contributed by atoms with Crippen molar-refractivity contribution in [1.82, 2.24) is 15.2 Å². The summed E-state index contributed by atoms with van der Waals surface area (Å²) in [5, 5.41) is 4.98. The van der Waals surface area contributed by atoms with E-state index < -0.39 is 0 Å². The zero-order valence-corrected chi connectivity index (χ0v) is 16.8. The fourth-order valence-electron chi connectivity index (χ4n) is 3.66. The van der Waals surface area contributed by atoms with E-state index in [1.165, 1.54) is 23.5 Å². The van der Waals surface area contributed by atoms with Crippen molar-refractivity contribution >= 4 is 22.9 Å². The molecule has 29 heavy (non-hydrogen) atoms. The maximum Gasteiger partial charge on any atom is 0.261 e. The summed E-state index contributed by atoms with van der Waals surface area (Å²) in [6.45, 7) is 3.93. The van der Waals surface area contributed by atoms with E-state index in [0.29, 0.717) is 6.54 Å². The van der Waals surface area contributed by atoms with Gasteiger partial charge < -0.3 is 10.2 Å². The number of pyridine rings is 1. The minimum absolute atomic E-state index is 0.0427. The molecule has 3 heterocycles. The lowest BCUT2D eigenvalue weighted by Crippen LogP contribution is -2.50. The number of carbonyl (C=O) groups excluding carboxylic acids is 1. The van der Waals surface area contributed by atoms with Crippen molar-refractivity contribution in [3.63, 3.8) is 0 Å². The quantitative estimate of drug-likeness (QED) is 0.675. The molecule has 1 saturated heterocycles. The summed E-state index contributed by atoms with van der Waals surface area (Å²) in [5.41, 5.74) is 2.13. The van der Waals surface area contributed by atoms with Crippen molar-refractivity contribution < 1.29 is 9.18 Å². The Kier molecular flexibility index (Phi) is 6.17. The molecule has 0 spiro atoms. The Morgan fingerprint density at radius 3 is 2.55 bits per heavy atom. The number of amides is 1. The number of halogens is 1. The van der Waals surface area contributed by atoms with Crippen LogP contribution in [0.25, 0.3) is 0 Å². The fraction of sp³-hybridized carbons (Fsp3) is 0.273. The molecule has 0 saturated carbocycles. The first kappa shape index (κ1) is 19.5. The predicted molar refractivity (Wildman–Crippen MR) is 114 cm³/mol. The summed E-state index contributed by atoms with van der Waals surface area (Å²) in [6, 6.07) is 14.4. The highest BCUT2D eigenvalue weighted by Gasteiger charge is 2.26. The number of carbonyl (C=O) groups is 1. The summed E-state index contributed by atoms with van der Waals surface area (Å²) < 4.78 is 13.2. The number of benzene rings is 1. The van der Waals surface area contributed by atoms with E-state index in [9.17, 15) is 9.18 Å². The zero-order chi connectivity index (χ0) is 20.1. The third-order valence-corrected chi connectivity index (χ3v) is 6.09. The molecular formula is C22H23FN4OS. The van der Waals surface area contributed by atoms with Crippen molar-refractivity contribution in [2.75, 3.05) is 37.6 Å². The highest BCUT2D eigenvalue weighted by molar-refractivity contribution is 7.12. The van der Waals surface area contributed by atoms with Gasteiger partial charge in [-0.15, -0.1) is 11.3 Å². The Morgan fingerprint density at radius 1 is 1.10 bits per heavy atom. The SMILES string of the molecule is O=C(NCC(c1cccnc1)N1CCN(c2ccc(F)cc2)CC1)c1cccs1.